The summed E-state index contributed by atoms with van der Waals surface area (Å²) in [6, 6.07) is 14.0. The number of thioether (sulfide) groups is 1. The standard InChI is InChI=1S/C20H19NO6S/c1-26-18(22)11-16(20(25)27-2)21-14-9-7-13(8-10-14)12-28-17-6-4-3-5-15(17)19(23)24/h3-11,21H,12H2,1-2H3,(H,23,24)/b16-11+. The van der Waals surface area contributed by atoms with Crippen molar-refractivity contribution in [3.05, 3.63) is 71.4 Å². The van der Waals surface area contributed by atoms with E-state index in [1.54, 1.807) is 36.4 Å². The van der Waals surface area contributed by atoms with Crippen molar-refractivity contribution in [3.63, 3.8) is 0 Å². The Morgan fingerprint density at radius 1 is 1.04 bits per heavy atom. The van der Waals surface area contributed by atoms with Gasteiger partial charge in [-0.15, -0.1) is 11.8 Å². The van der Waals surface area contributed by atoms with Crippen LogP contribution >= 0.6 is 11.8 Å². The minimum atomic E-state index is -0.963. The molecule has 8 heteroatoms. The Morgan fingerprint density at radius 3 is 2.32 bits per heavy atom. The number of methoxy groups -OCH3 is 2. The van der Waals surface area contributed by atoms with Crippen molar-refractivity contribution in [2.75, 3.05) is 19.5 Å². The molecule has 0 radical (unpaired) electrons. The van der Waals surface area contributed by atoms with Crippen molar-refractivity contribution < 1.29 is 29.0 Å². The van der Waals surface area contributed by atoms with Gasteiger partial charge in [0, 0.05) is 16.3 Å². The van der Waals surface area contributed by atoms with Gasteiger partial charge in [0.25, 0.3) is 0 Å². The lowest BCUT2D eigenvalue weighted by Gasteiger charge is -2.10. The molecule has 2 aromatic rings. The van der Waals surface area contributed by atoms with Crippen molar-refractivity contribution in [1.29, 1.82) is 0 Å². The van der Waals surface area contributed by atoms with Crippen molar-refractivity contribution >= 4 is 35.4 Å². The van der Waals surface area contributed by atoms with E-state index in [0.717, 1.165) is 11.6 Å². The monoisotopic (exact) mass is 401 g/mol. The first kappa shape index (κ1) is 21.0. The van der Waals surface area contributed by atoms with E-state index in [-0.39, 0.29) is 11.3 Å². The molecule has 0 aromatic heterocycles. The van der Waals surface area contributed by atoms with Gasteiger partial charge in [-0.1, -0.05) is 24.3 Å². The molecule has 0 saturated carbocycles. The molecule has 0 saturated heterocycles. The van der Waals surface area contributed by atoms with Gasteiger partial charge in [0.05, 0.1) is 25.9 Å². The van der Waals surface area contributed by atoms with Crippen LogP contribution in [0.3, 0.4) is 0 Å². The highest BCUT2D eigenvalue weighted by atomic mass is 32.2. The summed E-state index contributed by atoms with van der Waals surface area (Å²) < 4.78 is 9.17. The van der Waals surface area contributed by atoms with Crippen LogP contribution in [0, 0.1) is 0 Å². The number of aromatic carboxylic acids is 1. The summed E-state index contributed by atoms with van der Waals surface area (Å²) in [7, 11) is 2.42. The Labute approximate surface area is 166 Å². The molecule has 0 fully saturated rings. The second-order valence-electron chi connectivity index (χ2n) is 5.48. The molecule has 2 rings (SSSR count). The summed E-state index contributed by atoms with van der Waals surface area (Å²) >= 11 is 1.42. The maximum absolute atomic E-state index is 11.8. The number of rotatable bonds is 8. The van der Waals surface area contributed by atoms with Crippen molar-refractivity contribution in [3.8, 4) is 0 Å². The fourth-order valence-corrected chi connectivity index (χ4v) is 3.20. The van der Waals surface area contributed by atoms with Crippen LogP contribution in [0.2, 0.25) is 0 Å². The zero-order chi connectivity index (χ0) is 20.5. The molecule has 2 aromatic carbocycles. The van der Waals surface area contributed by atoms with Crippen molar-refractivity contribution in [2.45, 2.75) is 10.6 Å². The Kier molecular flexibility index (Phi) is 7.65. The summed E-state index contributed by atoms with van der Waals surface area (Å²) in [6.07, 6.45) is 1.01. The Bertz CT molecular complexity index is 892. The van der Waals surface area contributed by atoms with E-state index in [0.29, 0.717) is 16.3 Å². The number of anilines is 1. The maximum Gasteiger partial charge on any atom is 0.354 e. The van der Waals surface area contributed by atoms with Crippen LogP contribution in [0.4, 0.5) is 5.69 Å². The van der Waals surface area contributed by atoms with E-state index in [4.69, 9.17) is 0 Å². The Balaban J connectivity index is 2.07. The van der Waals surface area contributed by atoms with Gasteiger partial charge < -0.3 is 19.9 Å². The molecule has 0 bridgehead atoms. The van der Waals surface area contributed by atoms with E-state index in [2.05, 4.69) is 14.8 Å². The number of nitrogens with one attached hydrogen (secondary N) is 1. The lowest BCUT2D eigenvalue weighted by molar-refractivity contribution is -0.138. The second kappa shape index (κ2) is 10.2. The summed E-state index contributed by atoms with van der Waals surface area (Å²) in [5, 5.41) is 12.1. The first-order chi connectivity index (χ1) is 13.4. The molecule has 0 unspecified atom stereocenters. The number of esters is 2. The maximum atomic E-state index is 11.8. The van der Waals surface area contributed by atoms with Gasteiger partial charge in [0.15, 0.2) is 0 Å². The SMILES string of the molecule is COC(=O)/C=C(/Nc1ccc(CSc2ccccc2C(=O)O)cc1)C(=O)OC. The van der Waals surface area contributed by atoms with Crippen LogP contribution in [0.25, 0.3) is 0 Å². The lowest BCUT2D eigenvalue weighted by Crippen LogP contribution is -2.15. The Hall–Kier alpha value is -3.26. The lowest BCUT2D eigenvalue weighted by atomic mass is 10.2. The average Bonchev–Trinajstić information content (AvgIpc) is 2.72. The molecule has 146 valence electrons. The van der Waals surface area contributed by atoms with Gasteiger partial charge in [0.2, 0.25) is 0 Å². The number of hydrogen-bond acceptors (Lipinski definition) is 7. The summed E-state index contributed by atoms with van der Waals surface area (Å²) in [5.74, 6) is -1.77. The summed E-state index contributed by atoms with van der Waals surface area (Å²) in [5.41, 5.74) is 1.76. The van der Waals surface area contributed by atoms with Crippen LogP contribution in [0.1, 0.15) is 15.9 Å². The number of benzene rings is 2. The predicted octanol–water partition coefficient (Wildman–Crippen LogP) is 3.32. The van der Waals surface area contributed by atoms with Gasteiger partial charge in [0.1, 0.15) is 5.70 Å². The van der Waals surface area contributed by atoms with E-state index in [1.165, 1.54) is 26.0 Å². The molecule has 7 nitrogen and oxygen atoms in total. The topological polar surface area (TPSA) is 102 Å². The second-order valence-corrected chi connectivity index (χ2v) is 6.50. The zero-order valence-corrected chi connectivity index (χ0v) is 16.1. The van der Waals surface area contributed by atoms with E-state index in [1.807, 2.05) is 12.1 Å². The highest BCUT2D eigenvalue weighted by Gasteiger charge is 2.13. The van der Waals surface area contributed by atoms with Crippen LogP contribution in [-0.2, 0) is 24.8 Å². The molecular formula is C20H19NO6S. The molecule has 0 amide bonds. The number of hydrogen-bond donors (Lipinski definition) is 2. The molecule has 0 heterocycles. The molecule has 0 spiro atoms. The predicted molar refractivity (Wildman–Crippen MR) is 105 cm³/mol. The summed E-state index contributed by atoms with van der Waals surface area (Å²) in [6.45, 7) is 0. The highest BCUT2D eigenvalue weighted by molar-refractivity contribution is 7.98. The number of carboxylic acids is 1. The van der Waals surface area contributed by atoms with Crippen molar-refractivity contribution in [1.82, 2.24) is 0 Å². The Morgan fingerprint density at radius 2 is 1.71 bits per heavy atom. The zero-order valence-electron chi connectivity index (χ0n) is 15.3. The van der Waals surface area contributed by atoms with E-state index in [9.17, 15) is 19.5 Å². The van der Waals surface area contributed by atoms with Crippen LogP contribution in [0.5, 0.6) is 0 Å². The van der Waals surface area contributed by atoms with Gasteiger partial charge in [-0.2, -0.15) is 0 Å². The third-order valence-electron chi connectivity index (χ3n) is 3.61. The van der Waals surface area contributed by atoms with E-state index < -0.39 is 17.9 Å². The summed E-state index contributed by atoms with van der Waals surface area (Å²) in [4.78, 5) is 35.1. The van der Waals surface area contributed by atoms with Crippen LogP contribution < -0.4 is 5.32 Å². The first-order valence-corrected chi connectivity index (χ1v) is 9.12. The normalized spacial score (nSPS) is 10.9. The highest BCUT2D eigenvalue weighted by Crippen LogP contribution is 2.27. The fourth-order valence-electron chi connectivity index (χ4n) is 2.20. The molecule has 28 heavy (non-hydrogen) atoms. The molecule has 0 aliphatic carbocycles. The van der Waals surface area contributed by atoms with Gasteiger partial charge in [-0.3, -0.25) is 0 Å². The minimum absolute atomic E-state index is 0.0492. The molecule has 2 N–H and O–H groups in total. The number of carbonyl (C=O) groups is 3. The number of carboxylic acid groups (broad SMARTS) is 1. The smallest absolute Gasteiger partial charge is 0.354 e. The minimum Gasteiger partial charge on any atom is -0.478 e. The van der Waals surface area contributed by atoms with Crippen LogP contribution in [0.15, 0.2) is 65.2 Å². The fraction of sp³-hybridized carbons (Fsp3) is 0.150. The first-order valence-electron chi connectivity index (χ1n) is 8.13. The van der Waals surface area contributed by atoms with Gasteiger partial charge in [-0.25, -0.2) is 14.4 Å². The number of ether oxygens (including phenoxy) is 2. The van der Waals surface area contributed by atoms with E-state index >= 15 is 0 Å². The van der Waals surface area contributed by atoms with Gasteiger partial charge >= 0.3 is 17.9 Å². The number of carbonyl (C=O) groups excluding carboxylic acids is 2. The average molecular weight is 401 g/mol. The molecular weight excluding hydrogens is 382 g/mol. The van der Waals surface area contributed by atoms with Crippen LogP contribution in [-0.4, -0.2) is 37.2 Å². The third-order valence-corrected chi connectivity index (χ3v) is 4.76. The molecule has 0 aliphatic heterocycles. The molecule has 0 atom stereocenters. The largest absolute Gasteiger partial charge is 0.478 e. The van der Waals surface area contributed by atoms with Gasteiger partial charge in [-0.05, 0) is 29.8 Å². The molecule has 0 aliphatic rings. The van der Waals surface area contributed by atoms with Crippen molar-refractivity contribution in [2.24, 2.45) is 0 Å². The third kappa shape index (κ3) is 5.88. The quantitative estimate of drug-likeness (QED) is 0.395.